The van der Waals surface area contributed by atoms with Gasteiger partial charge in [0.2, 0.25) is 0 Å². The molecule has 6 aliphatic rings. The van der Waals surface area contributed by atoms with Crippen LogP contribution in [0.2, 0.25) is 0 Å². The molecule has 41 heavy (non-hydrogen) atoms. The van der Waals surface area contributed by atoms with E-state index in [9.17, 15) is 45.6 Å². The third kappa shape index (κ3) is 3.99. The summed E-state index contributed by atoms with van der Waals surface area (Å²) >= 11 is 0. The summed E-state index contributed by atoms with van der Waals surface area (Å²) in [6.45, 7) is 3.00. The molecular formula is C29H44O12. The van der Waals surface area contributed by atoms with Crippen LogP contribution in [0.1, 0.15) is 58.8 Å². The van der Waals surface area contributed by atoms with Crippen LogP contribution in [0.3, 0.4) is 0 Å². The van der Waals surface area contributed by atoms with E-state index in [0.717, 1.165) is 5.57 Å². The van der Waals surface area contributed by atoms with Gasteiger partial charge in [-0.1, -0.05) is 6.92 Å². The summed E-state index contributed by atoms with van der Waals surface area (Å²) in [7, 11) is 0. The summed E-state index contributed by atoms with van der Waals surface area (Å²) in [5.41, 5.74) is -4.46. The van der Waals surface area contributed by atoms with Crippen LogP contribution in [-0.2, 0) is 19.0 Å². The fourth-order valence-corrected chi connectivity index (χ4v) is 10.1. The summed E-state index contributed by atoms with van der Waals surface area (Å²) in [4.78, 5) is 11.8. The van der Waals surface area contributed by atoms with Crippen LogP contribution < -0.4 is 0 Å². The van der Waals surface area contributed by atoms with E-state index < -0.39 is 95.5 Å². The summed E-state index contributed by atoms with van der Waals surface area (Å²) in [5, 5.41) is 89.6. The van der Waals surface area contributed by atoms with Crippen molar-refractivity contribution in [1.29, 1.82) is 0 Å². The smallest absolute Gasteiger partial charge is 0.331 e. The van der Waals surface area contributed by atoms with E-state index in [-0.39, 0.29) is 38.2 Å². The number of fused-ring (bicyclic) bond motifs is 5. The zero-order valence-electron chi connectivity index (χ0n) is 23.5. The third-order valence-corrected chi connectivity index (χ3v) is 12.2. The molecule has 232 valence electrons. The first-order valence-corrected chi connectivity index (χ1v) is 14.9. The highest BCUT2D eigenvalue weighted by molar-refractivity contribution is 5.85. The molecule has 2 aliphatic heterocycles. The minimum absolute atomic E-state index is 0.0369. The topological polar surface area (TPSA) is 207 Å². The highest BCUT2D eigenvalue weighted by Crippen LogP contribution is 2.70. The lowest BCUT2D eigenvalue weighted by atomic mass is 9.40. The first-order valence-electron chi connectivity index (χ1n) is 14.9. The molecule has 0 radical (unpaired) electrons. The summed E-state index contributed by atoms with van der Waals surface area (Å²) < 4.78 is 16.7. The lowest BCUT2D eigenvalue weighted by Gasteiger charge is -2.68. The second-order valence-corrected chi connectivity index (χ2v) is 13.8. The minimum atomic E-state index is -1.67. The van der Waals surface area contributed by atoms with Crippen LogP contribution >= 0.6 is 0 Å². The summed E-state index contributed by atoms with van der Waals surface area (Å²) in [5.74, 6) is -1.93. The molecule has 4 aliphatic carbocycles. The minimum Gasteiger partial charge on any atom is -0.458 e. The molecule has 8 N–H and O–H groups in total. The van der Waals surface area contributed by atoms with E-state index in [2.05, 4.69) is 0 Å². The van der Waals surface area contributed by atoms with Gasteiger partial charge in [-0.3, -0.25) is 0 Å². The Kier molecular flexibility index (Phi) is 7.22. The van der Waals surface area contributed by atoms with Gasteiger partial charge in [0.15, 0.2) is 6.29 Å². The Labute approximate surface area is 238 Å². The number of carbonyl (C=O) groups excluding carboxylic acids is 1. The van der Waals surface area contributed by atoms with Gasteiger partial charge in [-0.05, 0) is 56.4 Å². The summed E-state index contributed by atoms with van der Waals surface area (Å²) in [6, 6.07) is 0. The molecule has 0 unspecified atom stereocenters. The molecule has 0 spiro atoms. The zero-order valence-corrected chi connectivity index (χ0v) is 23.5. The lowest BCUT2D eigenvalue weighted by Crippen LogP contribution is -2.76. The van der Waals surface area contributed by atoms with E-state index >= 15 is 0 Å². The van der Waals surface area contributed by atoms with Crippen LogP contribution in [0.5, 0.6) is 0 Å². The maximum atomic E-state index is 12.4. The van der Waals surface area contributed by atoms with Gasteiger partial charge in [0.05, 0.1) is 47.6 Å². The van der Waals surface area contributed by atoms with E-state index in [4.69, 9.17) is 14.2 Å². The molecule has 6 rings (SSSR count). The number of esters is 1. The van der Waals surface area contributed by atoms with Gasteiger partial charge in [-0.2, -0.15) is 0 Å². The van der Waals surface area contributed by atoms with Crippen molar-refractivity contribution < 1.29 is 59.9 Å². The fourth-order valence-electron chi connectivity index (χ4n) is 10.1. The number of carbonyl (C=O) groups is 1. The first kappa shape index (κ1) is 29.9. The van der Waals surface area contributed by atoms with Crippen molar-refractivity contribution in [2.75, 3.05) is 13.2 Å². The number of aliphatic hydroxyl groups is 8. The Morgan fingerprint density at radius 1 is 1.02 bits per heavy atom. The van der Waals surface area contributed by atoms with Crippen molar-refractivity contribution in [3.63, 3.8) is 0 Å². The van der Waals surface area contributed by atoms with Gasteiger partial charge < -0.3 is 55.1 Å². The highest BCUT2D eigenvalue weighted by Gasteiger charge is 2.75. The Bertz CT molecular complexity index is 1080. The average molecular weight is 585 g/mol. The fraction of sp³-hybridized carbons (Fsp3) is 0.897. The van der Waals surface area contributed by atoms with Crippen molar-refractivity contribution in [2.45, 2.75) is 119 Å². The number of cyclic esters (lactones) is 1. The number of hydrogen-bond acceptors (Lipinski definition) is 12. The predicted octanol–water partition coefficient (Wildman–Crippen LogP) is -1.51. The van der Waals surface area contributed by atoms with Crippen molar-refractivity contribution >= 4 is 5.97 Å². The number of ether oxygens (including phenoxy) is 3. The first-order chi connectivity index (χ1) is 19.2. The van der Waals surface area contributed by atoms with E-state index in [1.54, 1.807) is 0 Å². The molecule has 0 aromatic heterocycles. The molecule has 1 saturated heterocycles. The largest absolute Gasteiger partial charge is 0.458 e. The molecule has 0 bridgehead atoms. The van der Waals surface area contributed by atoms with Crippen LogP contribution in [0.15, 0.2) is 11.6 Å². The second kappa shape index (κ2) is 9.91. The van der Waals surface area contributed by atoms with Crippen molar-refractivity contribution in [1.82, 2.24) is 0 Å². The molecule has 2 heterocycles. The van der Waals surface area contributed by atoms with Gasteiger partial charge in [-0.25, -0.2) is 4.79 Å². The monoisotopic (exact) mass is 584 g/mol. The van der Waals surface area contributed by atoms with E-state index in [1.165, 1.54) is 13.0 Å². The quantitative estimate of drug-likeness (QED) is 0.140. The normalized spacial score (nSPS) is 56.9. The van der Waals surface area contributed by atoms with Crippen molar-refractivity contribution in [3.8, 4) is 0 Å². The molecule has 12 heteroatoms. The van der Waals surface area contributed by atoms with Crippen LogP contribution in [-0.4, -0.2) is 120 Å². The van der Waals surface area contributed by atoms with Crippen LogP contribution in [0, 0.1) is 28.6 Å². The van der Waals surface area contributed by atoms with Crippen LogP contribution in [0.25, 0.3) is 0 Å². The number of rotatable bonds is 4. The average Bonchev–Trinajstić information content (AvgIpc) is 3.45. The number of hydrogen-bond donors (Lipinski definition) is 8. The maximum Gasteiger partial charge on any atom is 0.331 e. The standard InChI is InChI=1S/C29H44O12/c1-13-22(34)23(35)24(36)25(40-13)41-15-8-19(32)28(12-30)21-17(3-5-27(28,37)9-15)29(38)6-4-16(14-7-20(33)39-11-14)26(29,2)10-18(21)31/h7,13,15-19,21-25,30-32,34-38H,3-6,8-12H2,1-2H3/t13-,15+,16+,17+,18+,19-,21+,22+,23-,24-,25-,26+,27-,28+,29+/m0/s1. The molecule has 15 atom stereocenters. The number of aliphatic hydroxyl groups excluding tert-OH is 6. The summed E-state index contributed by atoms with van der Waals surface area (Å²) in [6.07, 6.45) is -6.68. The van der Waals surface area contributed by atoms with E-state index in [1.807, 2.05) is 6.92 Å². The molecule has 0 aromatic carbocycles. The molecule has 0 aromatic rings. The second-order valence-electron chi connectivity index (χ2n) is 13.8. The van der Waals surface area contributed by atoms with Crippen LogP contribution in [0.4, 0.5) is 0 Å². The third-order valence-electron chi connectivity index (χ3n) is 12.2. The molecule has 5 fully saturated rings. The van der Waals surface area contributed by atoms with E-state index in [0.29, 0.717) is 19.3 Å². The maximum absolute atomic E-state index is 12.4. The molecule has 4 saturated carbocycles. The lowest BCUT2D eigenvalue weighted by molar-refractivity contribution is -0.342. The SMILES string of the molecule is C[C@@H]1O[C@@H](O[C@@H]2C[C@H](O)[C@]3(CO)[C@H]4[C@H](O)C[C@]5(C)[C@@H](C6=CC(=O)OC6)CC[C@@]5(O)[C@@H]4CC[C@]3(O)C2)[C@@H](O)[C@@H](O)[C@@H]1O. The molecule has 12 nitrogen and oxygen atoms in total. The molecule has 0 amide bonds. The Morgan fingerprint density at radius 3 is 2.41 bits per heavy atom. The Balaban J connectivity index is 1.28. The zero-order chi connectivity index (χ0) is 29.7. The Hall–Kier alpha value is -1.19. The van der Waals surface area contributed by atoms with Gasteiger partial charge in [0.25, 0.3) is 0 Å². The van der Waals surface area contributed by atoms with Gasteiger partial charge in [-0.15, -0.1) is 0 Å². The van der Waals surface area contributed by atoms with Crippen molar-refractivity contribution in [3.05, 3.63) is 11.6 Å². The highest BCUT2D eigenvalue weighted by atomic mass is 16.7. The van der Waals surface area contributed by atoms with Gasteiger partial charge >= 0.3 is 5.97 Å². The van der Waals surface area contributed by atoms with Gasteiger partial charge in [0.1, 0.15) is 24.9 Å². The predicted molar refractivity (Wildman–Crippen MR) is 139 cm³/mol. The Morgan fingerprint density at radius 2 is 1.76 bits per heavy atom. The van der Waals surface area contributed by atoms with Crippen molar-refractivity contribution in [2.24, 2.45) is 28.6 Å². The van der Waals surface area contributed by atoms with Gasteiger partial charge in [0, 0.05) is 30.3 Å². The molecular weight excluding hydrogens is 540 g/mol.